The average Bonchev–Trinajstić information content (AvgIpc) is 3.59. The summed E-state index contributed by atoms with van der Waals surface area (Å²) < 4.78 is 28.3. The van der Waals surface area contributed by atoms with Crippen molar-refractivity contribution in [2.45, 2.75) is 6.92 Å². The maximum Gasteiger partial charge on any atom is 0.135 e. The lowest BCUT2D eigenvalue weighted by Gasteiger charge is -2.23. The summed E-state index contributed by atoms with van der Waals surface area (Å²) in [6, 6.07) is 86.3. The van der Waals surface area contributed by atoms with Gasteiger partial charge >= 0.3 is 0 Å². The second-order valence-corrected chi connectivity index (χ2v) is 20.4. The Balaban J connectivity index is 0.950. The van der Waals surface area contributed by atoms with E-state index in [4.69, 9.17) is 9.47 Å². The highest BCUT2D eigenvalue weighted by molar-refractivity contribution is 6.24. The molecule has 16 rings (SSSR count). The van der Waals surface area contributed by atoms with Crippen LogP contribution in [0.2, 0.25) is 0 Å². The molecule has 2 heterocycles. The van der Waals surface area contributed by atoms with Crippen molar-refractivity contribution >= 4 is 64.6 Å². The Morgan fingerprint density at radius 2 is 0.632 bits per heavy atom. The smallest absolute Gasteiger partial charge is 0.135 e. The molecule has 2 nitrogen and oxygen atoms in total. The van der Waals surface area contributed by atoms with Crippen LogP contribution in [0.5, 0.6) is 23.0 Å². The van der Waals surface area contributed by atoms with Crippen LogP contribution in [0.4, 0.5) is 4.39 Å². The Bertz CT molecular complexity index is 4500. The summed E-state index contributed by atoms with van der Waals surface area (Å²) in [5.41, 5.74) is 16.7. The van der Waals surface area contributed by atoms with Gasteiger partial charge in [-0.3, -0.25) is 0 Å². The predicted octanol–water partition coefficient (Wildman–Crippen LogP) is 20.9. The zero-order valence-electron chi connectivity index (χ0n) is 41.3. The average molecular weight is 971 g/mol. The molecule has 0 amide bonds. The van der Waals surface area contributed by atoms with Gasteiger partial charge in [0.15, 0.2) is 0 Å². The highest BCUT2D eigenvalue weighted by Crippen LogP contribution is 2.53. The first kappa shape index (κ1) is 42.7. The maximum atomic E-state index is 14.7. The first-order valence-corrected chi connectivity index (χ1v) is 26.0. The molecule has 0 radical (unpaired) electrons. The fourth-order valence-corrected chi connectivity index (χ4v) is 12.7. The fraction of sp³-hybridized carbons (Fsp3) is 0.0137. The van der Waals surface area contributed by atoms with Gasteiger partial charge in [-0.05, 0) is 188 Å². The predicted molar refractivity (Wildman–Crippen MR) is 314 cm³/mol. The summed E-state index contributed by atoms with van der Waals surface area (Å²) in [6.45, 7) is 2.14. The highest BCUT2D eigenvalue weighted by Gasteiger charge is 2.26. The van der Waals surface area contributed by atoms with Gasteiger partial charge in [-0.15, -0.1) is 0 Å². The summed E-state index contributed by atoms with van der Waals surface area (Å²) >= 11 is 0. The van der Waals surface area contributed by atoms with E-state index in [9.17, 15) is 4.39 Å². The summed E-state index contributed by atoms with van der Waals surface area (Å²) in [7, 11) is 0. The van der Waals surface area contributed by atoms with Crippen LogP contribution >= 0.6 is 0 Å². The van der Waals surface area contributed by atoms with Crippen LogP contribution in [-0.2, 0) is 0 Å². The Morgan fingerprint density at radius 3 is 1.08 bits per heavy atom. The topological polar surface area (TPSA) is 18.5 Å². The molecule has 2 aliphatic rings. The number of aryl methyl sites for hydroxylation is 1. The lowest BCUT2D eigenvalue weighted by molar-refractivity contribution is 0.487. The van der Waals surface area contributed by atoms with Crippen molar-refractivity contribution in [1.82, 2.24) is 0 Å². The van der Waals surface area contributed by atoms with E-state index in [0.717, 1.165) is 122 Å². The Labute approximate surface area is 438 Å². The van der Waals surface area contributed by atoms with Crippen molar-refractivity contribution in [3.8, 4) is 101 Å². The third kappa shape index (κ3) is 6.39. The van der Waals surface area contributed by atoms with E-state index in [-0.39, 0.29) is 5.82 Å². The van der Waals surface area contributed by atoms with Crippen LogP contribution in [0.1, 0.15) is 5.56 Å². The van der Waals surface area contributed by atoms with Crippen LogP contribution in [0.25, 0.3) is 143 Å². The van der Waals surface area contributed by atoms with Crippen molar-refractivity contribution in [3.63, 3.8) is 0 Å². The zero-order valence-corrected chi connectivity index (χ0v) is 41.3. The standard InChI is InChI=1S/C73H43FO2/c1-42-22-24-45(25-23-42)68-56-14-2-4-16-58(56)70(49-30-34-52-54-18-6-10-43-12-8-20-64(72(43)54)75-66(52)40-49)62-38-47(28-36-60(62)68)48-29-37-61-63(39-48)71(59-17-5-3-15-57(59)69(61)46-26-32-51(74)33-27-46)50-31-35-53-55-19-7-11-44-13-9-21-65(73(44)55)76-67(53)41-50/h2-41H,1H3. The van der Waals surface area contributed by atoms with Gasteiger partial charge in [-0.1, -0.05) is 188 Å². The molecule has 0 spiro atoms. The fourth-order valence-electron chi connectivity index (χ4n) is 12.7. The molecule has 0 atom stereocenters. The van der Waals surface area contributed by atoms with Crippen molar-refractivity contribution in [3.05, 3.63) is 254 Å². The Kier molecular flexibility index (Phi) is 9.17. The van der Waals surface area contributed by atoms with Gasteiger partial charge in [0.1, 0.15) is 28.8 Å². The molecule has 0 aliphatic carbocycles. The molecule has 0 N–H and O–H groups in total. The molecule has 0 unspecified atom stereocenters. The zero-order chi connectivity index (χ0) is 50.2. The minimum Gasteiger partial charge on any atom is -0.456 e. The first-order valence-electron chi connectivity index (χ1n) is 26.0. The molecular formula is C73H43FO2. The minimum atomic E-state index is -0.262. The number of halogens is 1. The normalized spacial score (nSPS) is 12.3. The van der Waals surface area contributed by atoms with E-state index in [2.05, 4.69) is 225 Å². The minimum absolute atomic E-state index is 0.262. The summed E-state index contributed by atoms with van der Waals surface area (Å²) in [6.07, 6.45) is 0. The maximum absolute atomic E-state index is 14.7. The molecule has 0 saturated carbocycles. The van der Waals surface area contributed by atoms with E-state index in [1.165, 1.54) is 49.4 Å². The van der Waals surface area contributed by atoms with Crippen molar-refractivity contribution in [1.29, 1.82) is 0 Å². The van der Waals surface area contributed by atoms with Crippen LogP contribution in [0.3, 0.4) is 0 Å². The van der Waals surface area contributed by atoms with Crippen LogP contribution in [0, 0.1) is 12.7 Å². The molecule has 0 saturated heterocycles. The third-order valence-electron chi connectivity index (χ3n) is 16.1. The van der Waals surface area contributed by atoms with E-state index in [1.54, 1.807) is 12.1 Å². The van der Waals surface area contributed by atoms with Gasteiger partial charge in [0.05, 0.1) is 0 Å². The van der Waals surface area contributed by atoms with Gasteiger partial charge in [-0.25, -0.2) is 4.39 Å². The lowest BCUT2D eigenvalue weighted by Crippen LogP contribution is -1.98. The lowest BCUT2D eigenvalue weighted by atomic mass is 9.83. The molecular weight excluding hydrogens is 928 g/mol. The van der Waals surface area contributed by atoms with Gasteiger partial charge in [0.2, 0.25) is 0 Å². The van der Waals surface area contributed by atoms with Crippen molar-refractivity contribution in [2.24, 2.45) is 0 Å². The quantitative estimate of drug-likeness (QED) is 0.160. The molecule has 14 aromatic rings. The SMILES string of the molecule is Cc1ccc(-c2c3ccccc3c(-c3ccc4c(c3)Oc3cccc5cccc-4c35)c3cc(-c4ccc5c(-c6ccc(F)cc6)c6ccccc6c(-c6ccc7c(c6)Oc6cccc8cccc-7c68)c5c4)ccc23)cc1. The Hall–Kier alpha value is -9.83. The molecule has 3 heteroatoms. The van der Waals surface area contributed by atoms with Gasteiger partial charge in [0, 0.05) is 21.9 Å². The first-order chi connectivity index (χ1) is 37.5. The number of ether oxygens (including phenoxy) is 2. The van der Waals surface area contributed by atoms with E-state index < -0.39 is 0 Å². The van der Waals surface area contributed by atoms with Gasteiger partial charge in [-0.2, -0.15) is 0 Å². The second kappa shape index (κ2) is 16.3. The van der Waals surface area contributed by atoms with Crippen LogP contribution in [-0.4, -0.2) is 0 Å². The summed E-state index contributed by atoms with van der Waals surface area (Å²) in [4.78, 5) is 0. The molecule has 2 aliphatic heterocycles. The third-order valence-corrected chi connectivity index (χ3v) is 16.1. The molecule has 14 aromatic carbocycles. The largest absolute Gasteiger partial charge is 0.456 e. The van der Waals surface area contributed by atoms with Gasteiger partial charge < -0.3 is 9.47 Å². The van der Waals surface area contributed by atoms with Gasteiger partial charge in [0.25, 0.3) is 0 Å². The monoisotopic (exact) mass is 970 g/mol. The molecule has 0 aromatic heterocycles. The number of benzene rings is 14. The molecule has 0 bridgehead atoms. The number of hydrogen-bond donors (Lipinski definition) is 0. The van der Waals surface area contributed by atoms with Crippen LogP contribution < -0.4 is 9.47 Å². The van der Waals surface area contributed by atoms with E-state index in [0.29, 0.717) is 0 Å². The van der Waals surface area contributed by atoms with E-state index >= 15 is 0 Å². The van der Waals surface area contributed by atoms with Crippen LogP contribution in [0.15, 0.2) is 243 Å². The second-order valence-electron chi connectivity index (χ2n) is 20.4. The van der Waals surface area contributed by atoms with Crippen molar-refractivity contribution < 1.29 is 13.9 Å². The number of fused-ring (bicyclic) bond motifs is 8. The molecule has 76 heavy (non-hydrogen) atoms. The summed E-state index contributed by atoms with van der Waals surface area (Å²) in [5.74, 6) is 3.15. The summed E-state index contributed by atoms with van der Waals surface area (Å²) in [5, 5.41) is 13.7. The Morgan fingerprint density at radius 1 is 0.263 bits per heavy atom. The van der Waals surface area contributed by atoms with Crippen molar-refractivity contribution in [2.75, 3.05) is 0 Å². The number of rotatable bonds is 5. The molecule has 0 fully saturated rings. The molecule has 354 valence electrons. The number of hydrogen-bond acceptors (Lipinski definition) is 2. The highest BCUT2D eigenvalue weighted by atomic mass is 19.1. The van der Waals surface area contributed by atoms with E-state index in [1.807, 2.05) is 12.1 Å².